The number of hydrogen-bond donors (Lipinski definition) is 2. The lowest BCUT2D eigenvalue weighted by atomic mass is 10.0. The zero-order valence-corrected chi connectivity index (χ0v) is 12.7. The molecule has 0 bridgehead atoms. The molecule has 110 valence electrons. The normalized spacial score (nSPS) is 15.9. The van der Waals surface area contributed by atoms with E-state index in [9.17, 15) is 0 Å². The first-order chi connectivity index (χ1) is 10.3. The van der Waals surface area contributed by atoms with Crippen molar-refractivity contribution >= 4 is 11.6 Å². The van der Waals surface area contributed by atoms with Gasteiger partial charge in [-0.2, -0.15) is 0 Å². The van der Waals surface area contributed by atoms with Crippen molar-refractivity contribution in [3.63, 3.8) is 0 Å². The maximum absolute atomic E-state index is 9.07. The molecule has 0 heterocycles. The van der Waals surface area contributed by atoms with Crippen molar-refractivity contribution in [2.24, 2.45) is 5.92 Å². The summed E-state index contributed by atoms with van der Waals surface area (Å²) in [4.78, 5) is 0. The largest absolute Gasteiger partial charge is 0.392 e. The van der Waals surface area contributed by atoms with Crippen molar-refractivity contribution in [3.8, 4) is 0 Å². The summed E-state index contributed by atoms with van der Waals surface area (Å²) in [5.41, 5.74) is 3.51. The van der Waals surface area contributed by atoms with Crippen LogP contribution in [0.15, 0.2) is 48.5 Å². The highest BCUT2D eigenvalue weighted by Gasteiger charge is 2.31. The third-order valence-electron chi connectivity index (χ3n) is 4.05. The molecule has 1 aliphatic rings. The van der Waals surface area contributed by atoms with Crippen LogP contribution >= 0.6 is 11.6 Å². The van der Waals surface area contributed by atoms with Gasteiger partial charge in [0.2, 0.25) is 0 Å². The van der Waals surface area contributed by atoms with E-state index < -0.39 is 0 Å². The highest BCUT2D eigenvalue weighted by molar-refractivity contribution is 6.30. The second-order valence-electron chi connectivity index (χ2n) is 5.72. The van der Waals surface area contributed by atoms with Crippen molar-refractivity contribution in [1.82, 2.24) is 5.32 Å². The van der Waals surface area contributed by atoms with Gasteiger partial charge in [0.15, 0.2) is 0 Å². The fourth-order valence-electron chi connectivity index (χ4n) is 2.65. The van der Waals surface area contributed by atoms with Gasteiger partial charge >= 0.3 is 0 Å². The molecule has 0 aliphatic heterocycles. The first-order valence-corrected chi connectivity index (χ1v) is 7.81. The number of halogens is 1. The number of aliphatic hydroxyl groups is 1. The van der Waals surface area contributed by atoms with Crippen LogP contribution in [0.3, 0.4) is 0 Å². The lowest BCUT2D eigenvalue weighted by Crippen LogP contribution is -2.22. The van der Waals surface area contributed by atoms with E-state index in [4.69, 9.17) is 16.7 Å². The van der Waals surface area contributed by atoms with Gasteiger partial charge in [-0.15, -0.1) is 0 Å². The molecule has 21 heavy (non-hydrogen) atoms. The molecule has 0 amide bonds. The molecule has 3 rings (SSSR count). The van der Waals surface area contributed by atoms with E-state index in [0.717, 1.165) is 23.0 Å². The number of nitrogens with one attached hydrogen (secondary N) is 1. The Morgan fingerprint density at radius 2 is 1.62 bits per heavy atom. The first kappa shape index (κ1) is 14.6. The molecule has 2 N–H and O–H groups in total. The highest BCUT2D eigenvalue weighted by atomic mass is 35.5. The van der Waals surface area contributed by atoms with Gasteiger partial charge in [-0.1, -0.05) is 48.0 Å². The van der Waals surface area contributed by atoms with Crippen LogP contribution in [0.2, 0.25) is 5.02 Å². The maximum atomic E-state index is 9.07. The van der Waals surface area contributed by atoms with E-state index in [1.54, 1.807) is 0 Å². The quantitative estimate of drug-likeness (QED) is 0.843. The molecule has 1 aliphatic carbocycles. The predicted octanol–water partition coefficient (Wildman–Crippen LogP) is 4.07. The minimum absolute atomic E-state index is 0.100. The molecule has 1 unspecified atom stereocenters. The van der Waals surface area contributed by atoms with Gasteiger partial charge in [0.1, 0.15) is 0 Å². The highest BCUT2D eigenvalue weighted by Crippen LogP contribution is 2.41. The Labute approximate surface area is 130 Å². The van der Waals surface area contributed by atoms with Crippen LogP contribution in [0.5, 0.6) is 0 Å². The zero-order chi connectivity index (χ0) is 14.7. The van der Waals surface area contributed by atoms with Gasteiger partial charge in [-0.25, -0.2) is 0 Å². The lowest BCUT2D eigenvalue weighted by molar-refractivity contribution is 0.282. The van der Waals surface area contributed by atoms with Gasteiger partial charge in [0.05, 0.1) is 6.61 Å². The minimum Gasteiger partial charge on any atom is -0.392 e. The topological polar surface area (TPSA) is 32.3 Å². The Morgan fingerprint density at radius 3 is 2.19 bits per heavy atom. The summed E-state index contributed by atoms with van der Waals surface area (Å²) in [6.07, 6.45) is 2.59. The Hall–Kier alpha value is -1.35. The van der Waals surface area contributed by atoms with Gasteiger partial charge < -0.3 is 10.4 Å². The van der Waals surface area contributed by atoms with E-state index in [-0.39, 0.29) is 6.61 Å². The average Bonchev–Trinajstić information content (AvgIpc) is 3.35. The summed E-state index contributed by atoms with van der Waals surface area (Å²) in [5.74, 6) is 0.739. The van der Waals surface area contributed by atoms with Crippen LogP contribution in [0.4, 0.5) is 0 Å². The summed E-state index contributed by atoms with van der Waals surface area (Å²) in [5, 5.41) is 13.5. The number of hydrogen-bond acceptors (Lipinski definition) is 2. The van der Waals surface area contributed by atoms with Crippen LogP contribution < -0.4 is 5.32 Å². The van der Waals surface area contributed by atoms with Crippen LogP contribution in [-0.4, -0.2) is 5.11 Å². The van der Waals surface area contributed by atoms with Gasteiger partial charge in [-0.3, -0.25) is 0 Å². The van der Waals surface area contributed by atoms with Gasteiger partial charge in [0, 0.05) is 17.6 Å². The van der Waals surface area contributed by atoms with Crippen LogP contribution in [-0.2, 0) is 13.2 Å². The van der Waals surface area contributed by atoms with E-state index in [0.29, 0.717) is 6.04 Å². The summed E-state index contributed by atoms with van der Waals surface area (Å²) >= 11 is 5.97. The second kappa shape index (κ2) is 6.61. The third-order valence-corrected chi connectivity index (χ3v) is 4.31. The van der Waals surface area contributed by atoms with Crippen molar-refractivity contribution in [2.45, 2.75) is 32.0 Å². The van der Waals surface area contributed by atoms with E-state index >= 15 is 0 Å². The molecule has 0 aromatic heterocycles. The Morgan fingerprint density at radius 1 is 1.00 bits per heavy atom. The molecular weight excluding hydrogens is 282 g/mol. The lowest BCUT2D eigenvalue weighted by Gasteiger charge is -2.19. The Kier molecular flexibility index (Phi) is 4.59. The molecular formula is C18H20ClNO. The molecule has 1 saturated carbocycles. The maximum Gasteiger partial charge on any atom is 0.0681 e. The molecule has 2 aromatic rings. The molecule has 3 heteroatoms. The van der Waals surface area contributed by atoms with E-state index in [1.165, 1.54) is 24.0 Å². The second-order valence-corrected chi connectivity index (χ2v) is 6.16. The summed E-state index contributed by atoms with van der Waals surface area (Å²) in [7, 11) is 0. The van der Waals surface area contributed by atoms with E-state index in [2.05, 4.69) is 29.6 Å². The van der Waals surface area contributed by atoms with Crippen LogP contribution in [0, 0.1) is 5.92 Å². The Balaban J connectivity index is 1.66. The summed E-state index contributed by atoms with van der Waals surface area (Å²) < 4.78 is 0. The predicted molar refractivity (Wildman–Crippen MR) is 86.1 cm³/mol. The summed E-state index contributed by atoms with van der Waals surface area (Å²) in [6, 6.07) is 16.7. The van der Waals surface area contributed by atoms with Crippen molar-refractivity contribution < 1.29 is 5.11 Å². The molecule has 0 spiro atoms. The monoisotopic (exact) mass is 301 g/mol. The average molecular weight is 302 g/mol. The van der Waals surface area contributed by atoms with Gasteiger partial charge in [-0.05, 0) is 47.6 Å². The summed E-state index contributed by atoms with van der Waals surface area (Å²) in [6.45, 7) is 0.943. The SMILES string of the molecule is OCc1ccc(CNC(c2ccc(Cl)cc2)C2CC2)cc1. The molecule has 0 saturated heterocycles. The first-order valence-electron chi connectivity index (χ1n) is 7.44. The van der Waals surface area contributed by atoms with Gasteiger partial charge in [0.25, 0.3) is 0 Å². The fourth-order valence-corrected chi connectivity index (χ4v) is 2.77. The number of aliphatic hydroxyl groups excluding tert-OH is 1. The Bertz CT molecular complexity index is 575. The minimum atomic E-state index is 0.100. The van der Waals surface area contributed by atoms with Crippen molar-refractivity contribution in [1.29, 1.82) is 0 Å². The van der Waals surface area contributed by atoms with Crippen molar-refractivity contribution in [3.05, 3.63) is 70.2 Å². The molecule has 0 radical (unpaired) electrons. The smallest absolute Gasteiger partial charge is 0.0681 e. The molecule has 2 aromatic carbocycles. The molecule has 2 nitrogen and oxygen atoms in total. The fraction of sp³-hybridized carbons (Fsp3) is 0.333. The van der Waals surface area contributed by atoms with Crippen molar-refractivity contribution in [2.75, 3.05) is 0 Å². The number of rotatable bonds is 6. The van der Waals surface area contributed by atoms with Crippen LogP contribution in [0.25, 0.3) is 0 Å². The van der Waals surface area contributed by atoms with Crippen LogP contribution in [0.1, 0.15) is 35.6 Å². The van der Waals surface area contributed by atoms with E-state index in [1.807, 2.05) is 24.3 Å². The number of benzene rings is 2. The third kappa shape index (κ3) is 3.85. The molecule has 1 fully saturated rings. The standard InChI is InChI=1S/C18H20ClNO/c19-17-9-7-16(8-10-17)18(15-5-6-15)20-11-13-1-3-14(12-21)4-2-13/h1-4,7-10,15,18,20-21H,5-6,11-12H2. The zero-order valence-electron chi connectivity index (χ0n) is 11.9. The molecule has 1 atom stereocenters.